The van der Waals surface area contributed by atoms with Crippen LogP contribution in [-0.2, 0) is 9.53 Å². The molecule has 1 aromatic carbocycles. The zero-order valence-corrected chi connectivity index (χ0v) is 15.7. The lowest BCUT2D eigenvalue weighted by Gasteiger charge is -2.27. The van der Waals surface area contributed by atoms with E-state index in [1.807, 2.05) is 45.0 Å². The van der Waals surface area contributed by atoms with Gasteiger partial charge in [0.05, 0.1) is 5.88 Å². The van der Waals surface area contributed by atoms with Gasteiger partial charge in [-0.25, -0.2) is 4.79 Å². The second kappa shape index (κ2) is 7.08. The van der Waals surface area contributed by atoms with Crippen LogP contribution in [0, 0.1) is 3.57 Å². The van der Waals surface area contributed by atoms with Crippen molar-refractivity contribution in [1.29, 1.82) is 0 Å². The van der Waals surface area contributed by atoms with Crippen LogP contribution in [0.25, 0.3) is 0 Å². The lowest BCUT2D eigenvalue weighted by atomic mass is 10.2. The molecule has 1 unspecified atom stereocenters. The van der Waals surface area contributed by atoms with Crippen LogP contribution in [0.4, 0.5) is 10.5 Å². The van der Waals surface area contributed by atoms with Gasteiger partial charge in [0.15, 0.2) is 0 Å². The maximum absolute atomic E-state index is 12.4. The van der Waals surface area contributed by atoms with Gasteiger partial charge in [-0.05, 0) is 67.6 Å². The lowest BCUT2D eigenvalue weighted by Crippen LogP contribution is -2.46. The van der Waals surface area contributed by atoms with Crippen LogP contribution in [0.3, 0.4) is 0 Å². The molecule has 0 aromatic heterocycles. The number of thioether (sulfide) groups is 1. The van der Waals surface area contributed by atoms with E-state index in [0.717, 1.165) is 9.26 Å². The number of carbonyl (C=O) groups is 2. The summed E-state index contributed by atoms with van der Waals surface area (Å²) in [5, 5.41) is 2.85. The Morgan fingerprint density at radius 2 is 1.95 bits per heavy atom. The molecule has 0 radical (unpaired) electrons. The van der Waals surface area contributed by atoms with Crippen molar-refractivity contribution in [3.8, 4) is 0 Å². The Hall–Kier alpha value is -0.960. The maximum Gasteiger partial charge on any atom is 0.411 e. The number of rotatable bonds is 2. The summed E-state index contributed by atoms with van der Waals surface area (Å²) < 4.78 is 6.46. The van der Waals surface area contributed by atoms with Gasteiger partial charge >= 0.3 is 6.09 Å². The van der Waals surface area contributed by atoms with E-state index >= 15 is 0 Å². The van der Waals surface area contributed by atoms with E-state index in [1.54, 1.807) is 11.8 Å². The monoisotopic (exact) mass is 434 g/mol. The van der Waals surface area contributed by atoms with Crippen LogP contribution in [0.1, 0.15) is 20.8 Å². The minimum absolute atomic E-state index is 0.183. The summed E-state index contributed by atoms with van der Waals surface area (Å²) in [6.45, 7) is 5.44. The Balaban J connectivity index is 2.01. The Bertz CT molecular complexity index is 557. The predicted molar refractivity (Wildman–Crippen MR) is 97.0 cm³/mol. The second-order valence-electron chi connectivity index (χ2n) is 5.96. The van der Waals surface area contributed by atoms with Crippen LogP contribution in [0.5, 0.6) is 0 Å². The van der Waals surface area contributed by atoms with E-state index < -0.39 is 17.7 Å². The van der Waals surface area contributed by atoms with Gasteiger partial charge in [-0.2, -0.15) is 0 Å². The number of hydrogen-bond acceptors (Lipinski definition) is 4. The molecule has 1 aliphatic heterocycles. The molecular weight excluding hydrogens is 415 g/mol. The Morgan fingerprint density at radius 3 is 2.55 bits per heavy atom. The van der Waals surface area contributed by atoms with Crippen molar-refractivity contribution in [1.82, 2.24) is 4.90 Å². The SMILES string of the molecule is CC(C)(C)OC(=O)N1CSCC1C(=O)Nc1ccc(I)cc1. The number of nitrogens with zero attached hydrogens (tertiary/aromatic N) is 1. The maximum atomic E-state index is 12.4. The number of anilines is 1. The molecule has 0 aliphatic carbocycles. The quantitative estimate of drug-likeness (QED) is 0.724. The van der Waals surface area contributed by atoms with Crippen LogP contribution >= 0.6 is 34.4 Å². The molecule has 1 heterocycles. The molecule has 0 saturated carbocycles. The van der Waals surface area contributed by atoms with Crippen molar-refractivity contribution in [3.63, 3.8) is 0 Å². The second-order valence-corrected chi connectivity index (χ2v) is 8.21. The Morgan fingerprint density at radius 1 is 1.32 bits per heavy atom. The fourth-order valence-electron chi connectivity index (χ4n) is 1.92. The van der Waals surface area contributed by atoms with E-state index in [0.29, 0.717) is 11.6 Å². The molecule has 2 rings (SSSR count). The Kier molecular flexibility index (Phi) is 5.60. The van der Waals surface area contributed by atoms with Crippen molar-refractivity contribution in [3.05, 3.63) is 27.8 Å². The zero-order valence-electron chi connectivity index (χ0n) is 12.8. The molecule has 0 bridgehead atoms. The summed E-state index contributed by atoms with van der Waals surface area (Å²) in [4.78, 5) is 26.1. The van der Waals surface area contributed by atoms with E-state index in [4.69, 9.17) is 4.74 Å². The molecule has 120 valence electrons. The topological polar surface area (TPSA) is 58.6 Å². The first-order valence-corrected chi connectivity index (χ1v) is 9.13. The van der Waals surface area contributed by atoms with Crippen molar-refractivity contribution >= 4 is 52.0 Å². The molecule has 7 heteroatoms. The van der Waals surface area contributed by atoms with E-state index in [1.165, 1.54) is 4.90 Å². The summed E-state index contributed by atoms with van der Waals surface area (Å²) in [6, 6.07) is 7.04. The van der Waals surface area contributed by atoms with Gasteiger partial charge in [-0.3, -0.25) is 9.69 Å². The molecule has 2 amide bonds. The van der Waals surface area contributed by atoms with Gasteiger partial charge in [0.2, 0.25) is 5.91 Å². The van der Waals surface area contributed by atoms with Crippen molar-refractivity contribution in [2.24, 2.45) is 0 Å². The third-order valence-electron chi connectivity index (χ3n) is 2.92. The molecule has 1 fully saturated rings. The number of carbonyl (C=O) groups excluding carboxylic acids is 2. The first-order valence-electron chi connectivity index (χ1n) is 6.90. The van der Waals surface area contributed by atoms with E-state index in [2.05, 4.69) is 27.9 Å². The van der Waals surface area contributed by atoms with Crippen molar-refractivity contribution in [2.45, 2.75) is 32.4 Å². The highest BCUT2D eigenvalue weighted by Gasteiger charge is 2.37. The van der Waals surface area contributed by atoms with Gasteiger partial charge in [0.25, 0.3) is 0 Å². The van der Waals surface area contributed by atoms with Crippen molar-refractivity contribution < 1.29 is 14.3 Å². The third kappa shape index (κ3) is 4.77. The average Bonchev–Trinajstić information content (AvgIpc) is 2.89. The molecule has 1 atom stereocenters. The molecule has 22 heavy (non-hydrogen) atoms. The Labute approximate surface area is 148 Å². The molecule has 5 nitrogen and oxygen atoms in total. The standard InChI is InChI=1S/C15H19IN2O3S/c1-15(2,3)21-14(20)18-9-22-8-12(18)13(19)17-11-6-4-10(16)5-7-11/h4-7,12H,8-9H2,1-3H3,(H,17,19). The summed E-state index contributed by atoms with van der Waals surface area (Å²) in [5.74, 6) is 0.867. The highest BCUT2D eigenvalue weighted by molar-refractivity contribution is 14.1. The summed E-state index contributed by atoms with van der Waals surface area (Å²) in [5.41, 5.74) is 0.160. The summed E-state index contributed by atoms with van der Waals surface area (Å²) >= 11 is 3.76. The normalized spacial score (nSPS) is 18.2. The number of halogens is 1. The first-order chi connectivity index (χ1) is 10.3. The molecule has 1 saturated heterocycles. The van der Waals surface area contributed by atoms with Crippen LogP contribution < -0.4 is 5.32 Å². The lowest BCUT2D eigenvalue weighted by molar-refractivity contribution is -0.120. The number of ether oxygens (including phenoxy) is 1. The summed E-state index contributed by atoms with van der Waals surface area (Å²) in [6.07, 6.45) is -0.444. The van der Waals surface area contributed by atoms with Gasteiger partial charge < -0.3 is 10.1 Å². The molecule has 1 aromatic rings. The number of hydrogen-bond donors (Lipinski definition) is 1. The smallest absolute Gasteiger partial charge is 0.411 e. The van der Waals surface area contributed by atoms with Gasteiger partial charge in [0, 0.05) is 15.0 Å². The fourth-order valence-corrected chi connectivity index (χ4v) is 3.42. The predicted octanol–water partition coefficient (Wildman–Crippen LogP) is 3.54. The molecule has 0 spiro atoms. The molecule has 1 aliphatic rings. The van der Waals surface area contributed by atoms with Gasteiger partial charge in [0.1, 0.15) is 11.6 Å². The highest BCUT2D eigenvalue weighted by atomic mass is 127. The van der Waals surface area contributed by atoms with Crippen molar-refractivity contribution in [2.75, 3.05) is 16.9 Å². The minimum atomic E-state index is -0.568. The molecule has 1 N–H and O–H groups in total. The number of benzene rings is 1. The van der Waals surface area contributed by atoms with E-state index in [9.17, 15) is 9.59 Å². The largest absolute Gasteiger partial charge is 0.444 e. The highest BCUT2D eigenvalue weighted by Crippen LogP contribution is 2.24. The minimum Gasteiger partial charge on any atom is -0.444 e. The van der Waals surface area contributed by atoms with Gasteiger partial charge in [-0.1, -0.05) is 0 Å². The van der Waals surface area contributed by atoms with E-state index in [-0.39, 0.29) is 5.91 Å². The fraction of sp³-hybridized carbons (Fsp3) is 0.467. The average molecular weight is 434 g/mol. The summed E-state index contributed by atoms with van der Waals surface area (Å²) in [7, 11) is 0. The van der Waals surface area contributed by atoms with Crippen LogP contribution in [0.2, 0.25) is 0 Å². The first kappa shape index (κ1) is 17.4. The zero-order chi connectivity index (χ0) is 16.3. The number of nitrogens with one attached hydrogen (secondary N) is 1. The van der Waals surface area contributed by atoms with Crippen LogP contribution in [-0.4, -0.2) is 40.2 Å². The van der Waals surface area contributed by atoms with Gasteiger partial charge in [-0.15, -0.1) is 11.8 Å². The van der Waals surface area contributed by atoms with Crippen LogP contribution in [0.15, 0.2) is 24.3 Å². The number of amides is 2. The molecular formula is C15H19IN2O3S. The third-order valence-corrected chi connectivity index (χ3v) is 4.66.